The highest BCUT2D eigenvalue weighted by Gasteiger charge is 2.44. The van der Waals surface area contributed by atoms with Gasteiger partial charge in [-0.1, -0.05) is 11.6 Å². The molecule has 0 spiro atoms. The number of aliphatic hydroxyl groups is 1. The molecule has 6 nitrogen and oxygen atoms in total. The van der Waals surface area contributed by atoms with Crippen LogP contribution in [0.1, 0.15) is 26.2 Å². The summed E-state index contributed by atoms with van der Waals surface area (Å²) < 4.78 is 5.59. The Morgan fingerprint density at radius 2 is 2.33 bits per heavy atom. The topological polar surface area (TPSA) is 84.5 Å². The van der Waals surface area contributed by atoms with E-state index in [0.717, 1.165) is 19.4 Å². The van der Waals surface area contributed by atoms with Crippen LogP contribution in [0.4, 0.5) is 11.6 Å². The van der Waals surface area contributed by atoms with Crippen LogP contribution in [0.2, 0.25) is 5.02 Å². The van der Waals surface area contributed by atoms with Gasteiger partial charge in [0.2, 0.25) is 0 Å². The number of ether oxygens (including phenoxy) is 1. The van der Waals surface area contributed by atoms with Crippen LogP contribution >= 0.6 is 11.6 Å². The Morgan fingerprint density at radius 3 is 3.10 bits per heavy atom. The minimum absolute atomic E-state index is 0.0426. The van der Waals surface area contributed by atoms with Crippen LogP contribution in [0.25, 0.3) is 0 Å². The van der Waals surface area contributed by atoms with E-state index in [1.165, 1.54) is 6.33 Å². The summed E-state index contributed by atoms with van der Waals surface area (Å²) in [5.74, 6) is 0.994. The van der Waals surface area contributed by atoms with Crippen molar-refractivity contribution in [1.29, 1.82) is 0 Å². The fourth-order valence-electron chi connectivity index (χ4n) is 3.43. The molecule has 0 amide bonds. The summed E-state index contributed by atoms with van der Waals surface area (Å²) in [7, 11) is 0. The average Bonchev–Trinajstić information content (AvgIpc) is 2.90. The van der Waals surface area contributed by atoms with Crippen molar-refractivity contribution in [2.75, 3.05) is 30.4 Å². The molecule has 116 valence electrons. The first kappa shape index (κ1) is 14.8. The summed E-state index contributed by atoms with van der Waals surface area (Å²) in [5.41, 5.74) is 5.06. The van der Waals surface area contributed by atoms with Crippen LogP contribution in [0.15, 0.2) is 6.33 Å². The van der Waals surface area contributed by atoms with Crippen LogP contribution in [-0.4, -0.2) is 46.5 Å². The number of aromatic nitrogens is 2. The van der Waals surface area contributed by atoms with E-state index in [-0.39, 0.29) is 12.0 Å². The first-order valence-corrected chi connectivity index (χ1v) is 7.71. The van der Waals surface area contributed by atoms with Gasteiger partial charge in [-0.25, -0.2) is 9.97 Å². The molecule has 0 bridgehead atoms. The highest BCUT2D eigenvalue weighted by molar-refractivity contribution is 6.35. The Morgan fingerprint density at radius 1 is 1.52 bits per heavy atom. The molecular formula is C14H21ClN4O2. The second kappa shape index (κ2) is 5.59. The van der Waals surface area contributed by atoms with Gasteiger partial charge in [-0.2, -0.15) is 0 Å². The molecule has 3 N–H and O–H groups in total. The first-order valence-electron chi connectivity index (χ1n) is 7.33. The number of rotatable bonds is 2. The van der Waals surface area contributed by atoms with E-state index in [1.54, 1.807) is 0 Å². The summed E-state index contributed by atoms with van der Waals surface area (Å²) in [6, 6.07) is 0.159. The summed E-state index contributed by atoms with van der Waals surface area (Å²) in [5, 5.41) is 11.1. The zero-order chi connectivity index (χ0) is 15.0. The molecule has 0 aromatic carbocycles. The third-order valence-electron chi connectivity index (χ3n) is 4.68. The Balaban J connectivity index is 1.90. The molecule has 21 heavy (non-hydrogen) atoms. The summed E-state index contributed by atoms with van der Waals surface area (Å²) >= 11 is 6.26. The smallest absolute Gasteiger partial charge is 0.153 e. The quantitative estimate of drug-likeness (QED) is 0.860. The zero-order valence-corrected chi connectivity index (χ0v) is 12.9. The third-order valence-corrected chi connectivity index (χ3v) is 5.05. The molecule has 3 rings (SSSR count). The Bertz CT molecular complexity index is 526. The first-order chi connectivity index (χ1) is 10.0. The minimum atomic E-state index is -0.726. The molecule has 7 heteroatoms. The lowest BCUT2D eigenvalue weighted by Gasteiger charge is -2.43. The number of nitrogens with zero attached hydrogens (tertiary/aromatic N) is 3. The maximum absolute atomic E-state index is 10.7. The van der Waals surface area contributed by atoms with Gasteiger partial charge in [0.05, 0.1) is 12.2 Å². The molecule has 0 unspecified atom stereocenters. The number of nitrogens with two attached hydrogens (primary N) is 1. The molecule has 2 aliphatic heterocycles. The van der Waals surface area contributed by atoms with Crippen molar-refractivity contribution in [3.05, 3.63) is 11.3 Å². The molecule has 3 atom stereocenters. The molecule has 0 radical (unpaired) electrons. The third kappa shape index (κ3) is 2.67. The van der Waals surface area contributed by atoms with Crippen LogP contribution in [0.3, 0.4) is 0 Å². The van der Waals surface area contributed by atoms with Crippen molar-refractivity contribution in [2.45, 2.75) is 37.8 Å². The molecule has 1 aromatic heterocycles. The minimum Gasteiger partial charge on any atom is -0.390 e. The maximum atomic E-state index is 10.7. The van der Waals surface area contributed by atoms with E-state index in [4.69, 9.17) is 22.1 Å². The predicted molar refractivity (Wildman–Crippen MR) is 81.4 cm³/mol. The van der Waals surface area contributed by atoms with Crippen molar-refractivity contribution in [3.63, 3.8) is 0 Å². The zero-order valence-electron chi connectivity index (χ0n) is 12.1. The van der Waals surface area contributed by atoms with Crippen LogP contribution in [0, 0.1) is 5.92 Å². The second-order valence-electron chi connectivity index (χ2n) is 6.09. The van der Waals surface area contributed by atoms with E-state index in [2.05, 4.69) is 14.9 Å². The number of nitrogen functional groups attached to an aromatic ring is 1. The van der Waals surface area contributed by atoms with Crippen molar-refractivity contribution >= 4 is 23.2 Å². The summed E-state index contributed by atoms with van der Waals surface area (Å²) in [4.78, 5) is 10.4. The predicted octanol–water partition coefficient (Wildman–Crippen LogP) is 1.47. The molecule has 1 aromatic rings. The standard InChI is InChI=1S/C14H21ClN4O2/c1-14(20)4-6-21-7-9(14)10-3-2-5-19(10)13-11(15)12(16)17-8-18-13/h8-10,20H,2-7H2,1H3,(H2,16,17,18)/t9-,10+,14+/m1/s1. The van der Waals surface area contributed by atoms with Gasteiger partial charge in [0.15, 0.2) is 5.82 Å². The average molecular weight is 313 g/mol. The van der Waals surface area contributed by atoms with Gasteiger partial charge in [0.1, 0.15) is 17.2 Å². The van der Waals surface area contributed by atoms with Gasteiger partial charge in [-0.15, -0.1) is 0 Å². The monoisotopic (exact) mass is 312 g/mol. The van der Waals surface area contributed by atoms with E-state index < -0.39 is 5.60 Å². The Hall–Kier alpha value is -1.11. The van der Waals surface area contributed by atoms with Gasteiger partial charge in [0, 0.05) is 25.1 Å². The molecule has 2 fully saturated rings. The van der Waals surface area contributed by atoms with Gasteiger partial charge in [-0.05, 0) is 26.2 Å². The highest BCUT2D eigenvalue weighted by Crippen LogP contribution is 2.39. The van der Waals surface area contributed by atoms with Gasteiger partial charge in [0.25, 0.3) is 0 Å². The highest BCUT2D eigenvalue weighted by atomic mass is 35.5. The Kier molecular flexibility index (Phi) is 3.94. The largest absolute Gasteiger partial charge is 0.390 e. The van der Waals surface area contributed by atoms with Gasteiger partial charge in [-0.3, -0.25) is 0 Å². The fraction of sp³-hybridized carbons (Fsp3) is 0.714. The van der Waals surface area contributed by atoms with Crippen LogP contribution < -0.4 is 10.6 Å². The van der Waals surface area contributed by atoms with E-state index in [9.17, 15) is 5.11 Å². The van der Waals surface area contributed by atoms with Crippen molar-refractivity contribution < 1.29 is 9.84 Å². The second-order valence-corrected chi connectivity index (χ2v) is 6.47. The number of hydrogen-bond donors (Lipinski definition) is 2. The van der Waals surface area contributed by atoms with E-state index >= 15 is 0 Å². The van der Waals surface area contributed by atoms with Gasteiger partial charge < -0.3 is 20.5 Å². The fourth-order valence-corrected chi connectivity index (χ4v) is 3.63. The molecule has 2 aliphatic rings. The summed E-state index contributed by atoms with van der Waals surface area (Å²) in [6.07, 6.45) is 4.12. The van der Waals surface area contributed by atoms with Gasteiger partial charge >= 0.3 is 0 Å². The molecule has 3 heterocycles. The van der Waals surface area contributed by atoms with E-state index in [1.807, 2.05) is 6.92 Å². The SMILES string of the molecule is C[C@]1(O)CCOC[C@@H]1[C@@H]1CCCN1c1ncnc(N)c1Cl. The normalized spacial score (nSPS) is 33.4. The number of anilines is 2. The molecule has 0 saturated carbocycles. The number of hydrogen-bond acceptors (Lipinski definition) is 6. The number of halogens is 1. The molecule has 2 saturated heterocycles. The molecular weight excluding hydrogens is 292 g/mol. The van der Waals surface area contributed by atoms with Crippen LogP contribution in [0.5, 0.6) is 0 Å². The van der Waals surface area contributed by atoms with E-state index in [0.29, 0.717) is 36.3 Å². The lowest BCUT2D eigenvalue weighted by atomic mass is 9.79. The molecule has 0 aliphatic carbocycles. The maximum Gasteiger partial charge on any atom is 0.153 e. The van der Waals surface area contributed by atoms with Crippen molar-refractivity contribution in [1.82, 2.24) is 9.97 Å². The summed E-state index contributed by atoms with van der Waals surface area (Å²) in [6.45, 7) is 3.92. The van der Waals surface area contributed by atoms with Crippen molar-refractivity contribution in [2.24, 2.45) is 5.92 Å². The lowest BCUT2D eigenvalue weighted by Crippen LogP contribution is -2.52. The van der Waals surface area contributed by atoms with Crippen molar-refractivity contribution in [3.8, 4) is 0 Å². The lowest BCUT2D eigenvalue weighted by molar-refractivity contribution is -0.108. The van der Waals surface area contributed by atoms with Crippen LogP contribution in [-0.2, 0) is 4.74 Å². The Labute approximate surface area is 129 Å².